The minimum absolute atomic E-state index is 0.0265. The second kappa shape index (κ2) is 8.31. The van der Waals surface area contributed by atoms with Crippen molar-refractivity contribution in [1.29, 1.82) is 0 Å². The van der Waals surface area contributed by atoms with Gasteiger partial charge in [0.2, 0.25) is 11.8 Å². The third-order valence-electron chi connectivity index (χ3n) is 6.14. The molecule has 3 heterocycles. The van der Waals surface area contributed by atoms with E-state index in [2.05, 4.69) is 15.5 Å². The molecule has 0 radical (unpaired) electrons. The normalized spacial score (nSPS) is 27.4. The highest BCUT2D eigenvalue weighted by Crippen LogP contribution is 2.26. The number of rotatable bonds is 5. The fraction of sp³-hybridized carbons (Fsp3) is 0.571. The molecule has 1 aromatic carbocycles. The Bertz CT molecular complexity index is 732. The molecule has 0 aromatic heterocycles. The van der Waals surface area contributed by atoms with E-state index in [9.17, 15) is 14.4 Å². The van der Waals surface area contributed by atoms with Crippen molar-refractivity contribution in [2.75, 3.05) is 26.2 Å². The van der Waals surface area contributed by atoms with E-state index < -0.39 is 0 Å². The monoisotopic (exact) mass is 384 g/mol. The van der Waals surface area contributed by atoms with Crippen molar-refractivity contribution in [3.8, 4) is 0 Å². The van der Waals surface area contributed by atoms with Crippen molar-refractivity contribution in [3.05, 3.63) is 35.9 Å². The zero-order valence-electron chi connectivity index (χ0n) is 16.1. The molecule has 0 saturated carbocycles. The molecule has 0 spiro atoms. The minimum Gasteiger partial charge on any atom is -0.353 e. The molecule has 7 heteroatoms. The quantitative estimate of drug-likeness (QED) is 0.785. The lowest BCUT2D eigenvalue weighted by molar-refractivity contribution is -0.131. The van der Waals surface area contributed by atoms with Gasteiger partial charge >= 0.3 is 0 Å². The summed E-state index contributed by atoms with van der Waals surface area (Å²) in [4.78, 5) is 41.3. The molecule has 7 nitrogen and oxygen atoms in total. The summed E-state index contributed by atoms with van der Waals surface area (Å²) in [6.45, 7) is 2.97. The van der Waals surface area contributed by atoms with Gasteiger partial charge in [0.25, 0.3) is 5.91 Å². The molecule has 28 heavy (non-hydrogen) atoms. The molecular formula is C21H28N4O3. The average Bonchev–Trinajstić information content (AvgIpc) is 3.38. The van der Waals surface area contributed by atoms with Crippen molar-refractivity contribution in [2.24, 2.45) is 0 Å². The van der Waals surface area contributed by atoms with Gasteiger partial charge in [-0.25, -0.2) is 0 Å². The van der Waals surface area contributed by atoms with Crippen LogP contribution in [-0.2, 0) is 9.59 Å². The molecule has 3 fully saturated rings. The summed E-state index contributed by atoms with van der Waals surface area (Å²) < 4.78 is 0. The zero-order chi connectivity index (χ0) is 19.5. The highest BCUT2D eigenvalue weighted by atomic mass is 16.2. The largest absolute Gasteiger partial charge is 0.353 e. The van der Waals surface area contributed by atoms with Crippen LogP contribution in [0.2, 0.25) is 0 Å². The first-order chi connectivity index (χ1) is 13.6. The molecule has 3 aliphatic heterocycles. The van der Waals surface area contributed by atoms with Crippen molar-refractivity contribution in [1.82, 2.24) is 20.4 Å². The second-order valence-electron chi connectivity index (χ2n) is 8.01. The van der Waals surface area contributed by atoms with E-state index in [-0.39, 0.29) is 35.8 Å². The molecular weight excluding hydrogens is 356 g/mol. The van der Waals surface area contributed by atoms with Crippen molar-refractivity contribution in [3.63, 3.8) is 0 Å². The average molecular weight is 384 g/mol. The first kappa shape index (κ1) is 18.9. The van der Waals surface area contributed by atoms with E-state index in [1.165, 1.54) is 0 Å². The number of carbonyl (C=O) groups excluding carboxylic acids is 3. The van der Waals surface area contributed by atoms with Crippen LogP contribution in [0.5, 0.6) is 0 Å². The van der Waals surface area contributed by atoms with Crippen LogP contribution in [0.3, 0.4) is 0 Å². The number of likely N-dealkylation sites (tertiary alicyclic amines) is 1. The van der Waals surface area contributed by atoms with Gasteiger partial charge in [-0.2, -0.15) is 0 Å². The Morgan fingerprint density at radius 3 is 2.64 bits per heavy atom. The van der Waals surface area contributed by atoms with Gasteiger partial charge in [0.05, 0.1) is 6.04 Å². The molecule has 3 aliphatic rings. The van der Waals surface area contributed by atoms with E-state index in [1.807, 2.05) is 23.1 Å². The number of carbonyl (C=O) groups is 3. The summed E-state index contributed by atoms with van der Waals surface area (Å²) >= 11 is 0. The summed E-state index contributed by atoms with van der Waals surface area (Å²) in [6.07, 6.45) is 4.07. The van der Waals surface area contributed by atoms with Crippen LogP contribution >= 0.6 is 0 Å². The van der Waals surface area contributed by atoms with Gasteiger partial charge in [-0.05, 0) is 37.8 Å². The standard InChI is InChI=1S/C21H28N4O3/c26-19(24-10-4-5-11-24)9-8-17-13-22-21(28)18-12-16(14-25(17)18)23-20(27)15-6-2-1-3-7-15/h1-3,6-7,16-18H,4-5,8-14H2,(H,22,28)(H,23,27)/t16-,17-,18+/m1/s1. The summed E-state index contributed by atoms with van der Waals surface area (Å²) in [6, 6.07) is 9.01. The number of hydrogen-bond acceptors (Lipinski definition) is 4. The molecule has 3 saturated heterocycles. The highest BCUT2D eigenvalue weighted by molar-refractivity contribution is 5.94. The fourth-order valence-corrected chi connectivity index (χ4v) is 4.62. The van der Waals surface area contributed by atoms with Crippen LogP contribution in [-0.4, -0.2) is 71.8 Å². The SMILES string of the molecule is O=C(N[C@@H]1C[C@H]2C(=O)NC[C@@H](CCC(=O)N3CCCC3)N2C1)c1ccccc1. The van der Waals surface area contributed by atoms with Gasteiger partial charge in [-0.3, -0.25) is 19.3 Å². The molecule has 3 atom stereocenters. The van der Waals surface area contributed by atoms with Gasteiger partial charge in [-0.1, -0.05) is 18.2 Å². The summed E-state index contributed by atoms with van der Waals surface area (Å²) in [5.41, 5.74) is 0.629. The Labute approximate surface area is 165 Å². The van der Waals surface area contributed by atoms with Gasteiger partial charge in [-0.15, -0.1) is 0 Å². The summed E-state index contributed by atoms with van der Waals surface area (Å²) in [5.74, 6) is 0.143. The first-order valence-electron chi connectivity index (χ1n) is 10.3. The van der Waals surface area contributed by atoms with Crippen LogP contribution in [0.1, 0.15) is 42.5 Å². The summed E-state index contributed by atoms with van der Waals surface area (Å²) in [7, 11) is 0. The molecule has 3 amide bonds. The van der Waals surface area contributed by atoms with Gasteiger partial charge in [0, 0.05) is 50.2 Å². The molecule has 4 rings (SSSR count). The molecule has 0 unspecified atom stereocenters. The van der Waals surface area contributed by atoms with Gasteiger partial charge in [0.1, 0.15) is 0 Å². The first-order valence-corrected chi connectivity index (χ1v) is 10.3. The number of nitrogens with zero attached hydrogens (tertiary/aromatic N) is 2. The Hall–Kier alpha value is -2.41. The fourth-order valence-electron chi connectivity index (χ4n) is 4.62. The van der Waals surface area contributed by atoms with E-state index in [1.54, 1.807) is 12.1 Å². The van der Waals surface area contributed by atoms with E-state index in [0.717, 1.165) is 32.4 Å². The third kappa shape index (κ3) is 4.04. The van der Waals surface area contributed by atoms with Gasteiger partial charge < -0.3 is 15.5 Å². The topological polar surface area (TPSA) is 81.8 Å². The minimum atomic E-state index is -0.221. The Balaban J connectivity index is 1.34. The van der Waals surface area contributed by atoms with E-state index in [0.29, 0.717) is 31.5 Å². The van der Waals surface area contributed by atoms with E-state index >= 15 is 0 Å². The maximum atomic E-state index is 12.5. The molecule has 2 N–H and O–H groups in total. The Morgan fingerprint density at radius 2 is 1.89 bits per heavy atom. The predicted octanol–water partition coefficient (Wildman–Crippen LogP) is 0.760. The lowest BCUT2D eigenvalue weighted by atomic mass is 10.0. The molecule has 150 valence electrons. The number of nitrogens with one attached hydrogen (secondary N) is 2. The number of amides is 3. The lowest BCUT2D eigenvalue weighted by Gasteiger charge is -2.37. The molecule has 1 aromatic rings. The van der Waals surface area contributed by atoms with Crippen LogP contribution in [0, 0.1) is 0 Å². The maximum absolute atomic E-state index is 12.5. The van der Waals surface area contributed by atoms with Crippen molar-refractivity contribution in [2.45, 2.75) is 50.2 Å². The lowest BCUT2D eigenvalue weighted by Crippen LogP contribution is -2.58. The highest BCUT2D eigenvalue weighted by Gasteiger charge is 2.43. The summed E-state index contributed by atoms with van der Waals surface area (Å²) in [5, 5.41) is 6.05. The Kier molecular flexibility index (Phi) is 5.62. The molecule has 0 bridgehead atoms. The predicted molar refractivity (Wildman–Crippen MR) is 105 cm³/mol. The van der Waals surface area contributed by atoms with Crippen LogP contribution in [0.4, 0.5) is 0 Å². The van der Waals surface area contributed by atoms with Crippen LogP contribution in [0.25, 0.3) is 0 Å². The second-order valence-corrected chi connectivity index (χ2v) is 8.01. The Morgan fingerprint density at radius 1 is 1.14 bits per heavy atom. The molecule has 0 aliphatic carbocycles. The number of hydrogen-bond donors (Lipinski definition) is 2. The van der Waals surface area contributed by atoms with Crippen LogP contribution < -0.4 is 10.6 Å². The maximum Gasteiger partial charge on any atom is 0.251 e. The van der Waals surface area contributed by atoms with Crippen molar-refractivity contribution >= 4 is 17.7 Å². The zero-order valence-corrected chi connectivity index (χ0v) is 16.1. The third-order valence-corrected chi connectivity index (χ3v) is 6.14. The van der Waals surface area contributed by atoms with E-state index in [4.69, 9.17) is 0 Å². The number of benzene rings is 1. The number of fused-ring (bicyclic) bond motifs is 1. The van der Waals surface area contributed by atoms with Gasteiger partial charge in [0.15, 0.2) is 0 Å². The van der Waals surface area contributed by atoms with Crippen molar-refractivity contribution < 1.29 is 14.4 Å². The van der Waals surface area contributed by atoms with Crippen LogP contribution in [0.15, 0.2) is 30.3 Å². The smallest absolute Gasteiger partial charge is 0.251 e. The number of piperazine rings is 1.